The van der Waals surface area contributed by atoms with Gasteiger partial charge >= 0.3 is 5.69 Å². The molecular formula is C13H16N2O4S. The Balaban J connectivity index is 2.58. The number of ether oxygens (including phenoxy) is 1. The summed E-state index contributed by atoms with van der Waals surface area (Å²) < 4.78 is 6.75. The van der Waals surface area contributed by atoms with Crippen molar-refractivity contribution in [2.45, 2.75) is 18.8 Å². The lowest BCUT2D eigenvalue weighted by atomic mass is 9.79. The number of nitrogens with one attached hydrogen (secondary N) is 1. The Hall–Kier alpha value is -1.73. The van der Waals surface area contributed by atoms with E-state index in [9.17, 15) is 14.7 Å². The number of aromatic amines is 1. The van der Waals surface area contributed by atoms with E-state index >= 15 is 0 Å². The normalized spacial score (nSPS) is 29.2. The Labute approximate surface area is 120 Å². The molecule has 3 atom stereocenters. The van der Waals surface area contributed by atoms with Crippen molar-refractivity contribution in [2.75, 3.05) is 5.75 Å². The molecule has 0 radical (unpaired) electrons. The SMILES string of the molecule is C=C[C@]1(CCS)[C@H](O)C(=C)O[C@H]1n1ccc(=O)[nH]c1=O. The number of aliphatic hydroxyl groups excluding tert-OH is 1. The molecule has 0 amide bonds. The first kappa shape index (κ1) is 14.7. The summed E-state index contributed by atoms with van der Waals surface area (Å²) in [5.41, 5.74) is -2.03. The van der Waals surface area contributed by atoms with Gasteiger partial charge in [-0.05, 0) is 12.2 Å². The van der Waals surface area contributed by atoms with E-state index in [4.69, 9.17) is 4.74 Å². The van der Waals surface area contributed by atoms with Crippen LogP contribution in [0.3, 0.4) is 0 Å². The maximum atomic E-state index is 11.9. The highest BCUT2D eigenvalue weighted by atomic mass is 32.1. The summed E-state index contributed by atoms with van der Waals surface area (Å²) in [6, 6.07) is 1.22. The molecule has 7 heteroatoms. The first-order valence-corrected chi connectivity index (χ1v) is 6.69. The van der Waals surface area contributed by atoms with Crippen molar-refractivity contribution < 1.29 is 9.84 Å². The average Bonchev–Trinajstić information content (AvgIpc) is 2.65. The van der Waals surface area contributed by atoms with Crippen molar-refractivity contribution in [2.24, 2.45) is 5.41 Å². The van der Waals surface area contributed by atoms with Crippen molar-refractivity contribution >= 4 is 12.6 Å². The van der Waals surface area contributed by atoms with E-state index in [0.717, 1.165) is 0 Å². The molecule has 2 rings (SSSR count). The van der Waals surface area contributed by atoms with Gasteiger partial charge < -0.3 is 9.84 Å². The first-order valence-electron chi connectivity index (χ1n) is 6.05. The van der Waals surface area contributed by atoms with Crippen molar-refractivity contribution in [1.29, 1.82) is 0 Å². The fourth-order valence-electron chi connectivity index (χ4n) is 2.45. The van der Waals surface area contributed by atoms with E-state index in [2.05, 4.69) is 30.8 Å². The maximum Gasteiger partial charge on any atom is 0.331 e. The van der Waals surface area contributed by atoms with E-state index in [1.165, 1.54) is 16.8 Å². The summed E-state index contributed by atoms with van der Waals surface area (Å²) in [6.07, 6.45) is 1.51. The quantitative estimate of drug-likeness (QED) is 0.556. The van der Waals surface area contributed by atoms with Crippen LogP contribution in [0.5, 0.6) is 0 Å². The highest BCUT2D eigenvalue weighted by Crippen LogP contribution is 2.49. The van der Waals surface area contributed by atoms with Crippen LogP contribution in [0, 0.1) is 5.41 Å². The third-order valence-corrected chi connectivity index (χ3v) is 3.79. The van der Waals surface area contributed by atoms with Crippen LogP contribution in [0.2, 0.25) is 0 Å². The van der Waals surface area contributed by atoms with E-state index in [0.29, 0.717) is 12.2 Å². The topological polar surface area (TPSA) is 84.3 Å². The number of nitrogens with zero attached hydrogens (tertiary/aromatic N) is 1. The zero-order valence-corrected chi connectivity index (χ0v) is 11.7. The summed E-state index contributed by atoms with van der Waals surface area (Å²) in [4.78, 5) is 25.2. The molecule has 1 aliphatic rings. The van der Waals surface area contributed by atoms with E-state index in [-0.39, 0.29) is 5.76 Å². The predicted octanol–water partition coefficient (Wildman–Crippen LogP) is 0.432. The van der Waals surface area contributed by atoms with E-state index < -0.39 is 29.0 Å². The largest absolute Gasteiger partial charge is 0.471 e. The van der Waals surface area contributed by atoms with E-state index in [1.807, 2.05) is 0 Å². The Morgan fingerprint density at radius 3 is 2.85 bits per heavy atom. The van der Waals surface area contributed by atoms with Gasteiger partial charge in [0.2, 0.25) is 0 Å². The number of aromatic nitrogens is 2. The number of aliphatic hydroxyl groups is 1. The van der Waals surface area contributed by atoms with Crippen molar-refractivity contribution in [3.05, 3.63) is 58.1 Å². The Kier molecular flexibility index (Phi) is 3.92. The third kappa shape index (κ3) is 2.12. The molecule has 2 heterocycles. The summed E-state index contributed by atoms with van der Waals surface area (Å²) in [7, 11) is 0. The van der Waals surface area contributed by atoms with Gasteiger partial charge in [-0.3, -0.25) is 14.3 Å². The van der Waals surface area contributed by atoms with Crippen molar-refractivity contribution in [3.63, 3.8) is 0 Å². The van der Waals surface area contributed by atoms with Gasteiger partial charge in [-0.2, -0.15) is 12.6 Å². The van der Waals surface area contributed by atoms with Gasteiger partial charge in [0.05, 0.1) is 5.41 Å². The molecule has 0 spiro atoms. The van der Waals surface area contributed by atoms with Gasteiger partial charge in [0.1, 0.15) is 11.9 Å². The molecule has 0 bridgehead atoms. The molecule has 0 unspecified atom stereocenters. The second-order valence-electron chi connectivity index (χ2n) is 4.65. The molecule has 0 saturated carbocycles. The number of hydrogen-bond donors (Lipinski definition) is 3. The van der Waals surface area contributed by atoms with E-state index in [1.54, 1.807) is 6.08 Å². The van der Waals surface area contributed by atoms with Crippen LogP contribution in [0.25, 0.3) is 0 Å². The molecule has 1 saturated heterocycles. The lowest BCUT2D eigenvalue weighted by Crippen LogP contribution is -2.41. The van der Waals surface area contributed by atoms with Gasteiger partial charge in [-0.25, -0.2) is 4.79 Å². The summed E-state index contributed by atoms with van der Waals surface area (Å²) in [6.45, 7) is 7.39. The molecule has 20 heavy (non-hydrogen) atoms. The van der Waals surface area contributed by atoms with Crippen molar-refractivity contribution in [3.8, 4) is 0 Å². The highest BCUT2D eigenvalue weighted by Gasteiger charge is 2.52. The van der Waals surface area contributed by atoms with Gasteiger partial charge in [0, 0.05) is 12.3 Å². The van der Waals surface area contributed by atoms with Crippen LogP contribution in [0.4, 0.5) is 0 Å². The highest BCUT2D eigenvalue weighted by molar-refractivity contribution is 7.80. The predicted molar refractivity (Wildman–Crippen MR) is 77.7 cm³/mol. The summed E-state index contributed by atoms with van der Waals surface area (Å²) in [5, 5.41) is 10.3. The molecule has 108 valence electrons. The molecule has 1 aromatic heterocycles. The zero-order valence-electron chi connectivity index (χ0n) is 10.8. The number of rotatable bonds is 4. The Bertz CT molecular complexity index is 650. The fourth-order valence-corrected chi connectivity index (χ4v) is 2.84. The number of hydrogen-bond acceptors (Lipinski definition) is 5. The van der Waals surface area contributed by atoms with Crippen LogP contribution in [-0.4, -0.2) is 26.5 Å². The molecule has 6 nitrogen and oxygen atoms in total. The fraction of sp³-hybridized carbons (Fsp3) is 0.385. The average molecular weight is 296 g/mol. The third-order valence-electron chi connectivity index (χ3n) is 3.57. The molecular weight excluding hydrogens is 280 g/mol. The van der Waals surface area contributed by atoms with Gasteiger partial charge in [-0.1, -0.05) is 12.7 Å². The molecule has 1 aromatic rings. The minimum atomic E-state index is -0.990. The monoisotopic (exact) mass is 296 g/mol. The van der Waals surface area contributed by atoms with Crippen molar-refractivity contribution in [1.82, 2.24) is 9.55 Å². The van der Waals surface area contributed by atoms with Crippen LogP contribution in [-0.2, 0) is 4.74 Å². The zero-order chi connectivity index (χ0) is 14.9. The van der Waals surface area contributed by atoms with Crippen LogP contribution < -0.4 is 11.2 Å². The molecule has 1 fully saturated rings. The van der Waals surface area contributed by atoms with Crippen LogP contribution in [0.15, 0.2) is 46.8 Å². The lowest BCUT2D eigenvalue weighted by Gasteiger charge is -2.32. The minimum absolute atomic E-state index is 0.162. The molecule has 0 aliphatic carbocycles. The first-order chi connectivity index (χ1) is 9.46. The Morgan fingerprint density at radius 2 is 2.30 bits per heavy atom. The van der Waals surface area contributed by atoms with Gasteiger partial charge in [0.15, 0.2) is 6.23 Å². The van der Waals surface area contributed by atoms with Crippen LogP contribution >= 0.6 is 12.6 Å². The number of thiol groups is 1. The maximum absolute atomic E-state index is 11.9. The number of H-pyrrole nitrogens is 1. The van der Waals surface area contributed by atoms with Crippen LogP contribution in [0.1, 0.15) is 12.6 Å². The van der Waals surface area contributed by atoms with Gasteiger partial charge in [-0.15, -0.1) is 6.58 Å². The molecule has 0 aromatic carbocycles. The minimum Gasteiger partial charge on any atom is -0.471 e. The second kappa shape index (κ2) is 5.34. The Morgan fingerprint density at radius 1 is 1.60 bits per heavy atom. The second-order valence-corrected chi connectivity index (χ2v) is 5.09. The summed E-state index contributed by atoms with van der Waals surface area (Å²) in [5.74, 6) is 0.628. The smallest absolute Gasteiger partial charge is 0.331 e. The lowest BCUT2D eigenvalue weighted by molar-refractivity contribution is 0.00990. The molecule has 2 N–H and O–H groups in total. The van der Waals surface area contributed by atoms with Gasteiger partial charge in [0.25, 0.3) is 5.56 Å². The summed E-state index contributed by atoms with van der Waals surface area (Å²) >= 11 is 4.18. The standard InChI is InChI=1S/C13H16N2O4S/c1-3-13(5-7-20)10(17)8(2)19-11(13)15-6-4-9(16)14-12(15)18/h3-4,6,10-11,17,20H,1-2,5,7H2,(H,14,16,18)/t10-,11-,13+/m1/s1. The molecule has 1 aliphatic heterocycles.